The van der Waals surface area contributed by atoms with E-state index in [1.54, 1.807) is 12.1 Å². The Morgan fingerprint density at radius 3 is 2.38 bits per heavy atom. The standard InChI is InChI=1S/C14H14O7/c1-20-14(19)11(8-12(16)17)21-13(18)7-4-9-2-5-10(15)6-3-9/h2-7,11,15H,8H2,1H3,(H,16,17)/b7-4-. The lowest BCUT2D eigenvalue weighted by Gasteiger charge is -2.12. The van der Waals surface area contributed by atoms with Crippen LogP contribution in [0.5, 0.6) is 5.75 Å². The number of aromatic hydroxyl groups is 1. The van der Waals surface area contributed by atoms with Crippen molar-refractivity contribution in [1.29, 1.82) is 0 Å². The number of carbonyl (C=O) groups is 3. The lowest BCUT2D eigenvalue weighted by Crippen LogP contribution is -2.30. The van der Waals surface area contributed by atoms with E-state index in [0.29, 0.717) is 5.56 Å². The summed E-state index contributed by atoms with van der Waals surface area (Å²) in [5.74, 6) is -3.02. The molecule has 7 heteroatoms. The number of benzene rings is 1. The molecule has 2 N–H and O–H groups in total. The number of carbonyl (C=O) groups excluding carboxylic acids is 2. The number of rotatable bonds is 6. The number of hydrogen-bond acceptors (Lipinski definition) is 6. The SMILES string of the molecule is COC(=O)C(CC(=O)O)OC(=O)/C=C\c1ccc(O)cc1. The number of phenolic OH excluding ortho intramolecular Hbond substituents is 1. The van der Waals surface area contributed by atoms with Crippen LogP contribution in [0.1, 0.15) is 12.0 Å². The third-order valence-corrected chi connectivity index (χ3v) is 2.39. The normalized spacial score (nSPS) is 11.9. The van der Waals surface area contributed by atoms with Gasteiger partial charge in [0.05, 0.1) is 13.5 Å². The third kappa shape index (κ3) is 5.77. The number of carboxylic acid groups (broad SMARTS) is 1. The summed E-state index contributed by atoms with van der Waals surface area (Å²) in [6, 6.07) is 6.00. The first kappa shape index (κ1) is 16.2. The second-order valence-electron chi connectivity index (χ2n) is 3.97. The molecule has 0 aromatic heterocycles. The molecule has 1 unspecified atom stereocenters. The maximum atomic E-state index is 11.5. The zero-order valence-electron chi connectivity index (χ0n) is 11.2. The molecule has 0 bridgehead atoms. The van der Waals surface area contributed by atoms with Crippen molar-refractivity contribution in [2.75, 3.05) is 7.11 Å². The summed E-state index contributed by atoms with van der Waals surface area (Å²) in [6.07, 6.45) is 0.274. The number of carboxylic acids is 1. The highest BCUT2D eigenvalue weighted by molar-refractivity contribution is 5.90. The first-order chi connectivity index (χ1) is 9.92. The van der Waals surface area contributed by atoms with E-state index in [1.807, 2.05) is 0 Å². The van der Waals surface area contributed by atoms with Gasteiger partial charge in [0, 0.05) is 6.08 Å². The Balaban J connectivity index is 2.66. The average Bonchev–Trinajstić information content (AvgIpc) is 2.44. The van der Waals surface area contributed by atoms with Crippen LogP contribution in [0.4, 0.5) is 0 Å². The van der Waals surface area contributed by atoms with Gasteiger partial charge in [-0.05, 0) is 23.8 Å². The summed E-state index contributed by atoms with van der Waals surface area (Å²) in [5.41, 5.74) is 0.623. The lowest BCUT2D eigenvalue weighted by molar-refractivity contribution is -0.166. The van der Waals surface area contributed by atoms with E-state index in [-0.39, 0.29) is 5.75 Å². The molecule has 1 atom stereocenters. The molecule has 0 aliphatic rings. The van der Waals surface area contributed by atoms with Gasteiger partial charge < -0.3 is 19.7 Å². The predicted molar refractivity (Wildman–Crippen MR) is 71.3 cm³/mol. The number of esters is 2. The minimum absolute atomic E-state index is 0.0851. The highest BCUT2D eigenvalue weighted by Gasteiger charge is 2.25. The Labute approximate surface area is 120 Å². The molecular formula is C14H14O7. The Morgan fingerprint density at radius 1 is 1.24 bits per heavy atom. The zero-order chi connectivity index (χ0) is 15.8. The van der Waals surface area contributed by atoms with Gasteiger partial charge in [0.1, 0.15) is 5.75 Å². The largest absolute Gasteiger partial charge is 0.508 e. The molecule has 112 valence electrons. The average molecular weight is 294 g/mol. The Hall–Kier alpha value is -2.83. The van der Waals surface area contributed by atoms with Gasteiger partial charge in [-0.25, -0.2) is 9.59 Å². The molecule has 21 heavy (non-hydrogen) atoms. The lowest BCUT2D eigenvalue weighted by atomic mass is 10.2. The van der Waals surface area contributed by atoms with Crippen molar-refractivity contribution in [1.82, 2.24) is 0 Å². The number of hydrogen-bond donors (Lipinski definition) is 2. The van der Waals surface area contributed by atoms with Crippen molar-refractivity contribution in [3.05, 3.63) is 35.9 Å². The number of phenols is 1. The highest BCUT2D eigenvalue weighted by Crippen LogP contribution is 2.11. The fourth-order valence-electron chi connectivity index (χ4n) is 1.39. The van der Waals surface area contributed by atoms with Crippen LogP contribution in [0.2, 0.25) is 0 Å². The van der Waals surface area contributed by atoms with E-state index in [9.17, 15) is 14.4 Å². The molecule has 1 aromatic rings. The quantitative estimate of drug-likeness (QED) is 0.594. The molecule has 0 spiro atoms. The van der Waals surface area contributed by atoms with E-state index in [2.05, 4.69) is 4.74 Å². The van der Waals surface area contributed by atoms with Crippen molar-refractivity contribution >= 4 is 24.0 Å². The fraction of sp³-hybridized carbons (Fsp3) is 0.214. The third-order valence-electron chi connectivity index (χ3n) is 2.39. The molecule has 0 saturated heterocycles. The summed E-state index contributed by atoms with van der Waals surface area (Å²) < 4.78 is 9.09. The minimum atomic E-state index is -1.50. The zero-order valence-corrected chi connectivity index (χ0v) is 11.2. The van der Waals surface area contributed by atoms with Crippen LogP contribution >= 0.6 is 0 Å². The molecule has 0 heterocycles. The number of ether oxygens (including phenoxy) is 2. The molecule has 7 nitrogen and oxygen atoms in total. The van der Waals surface area contributed by atoms with Gasteiger partial charge in [0.2, 0.25) is 6.10 Å². The molecule has 0 radical (unpaired) electrons. The minimum Gasteiger partial charge on any atom is -0.508 e. The topological polar surface area (TPSA) is 110 Å². The molecule has 0 fully saturated rings. The van der Waals surface area contributed by atoms with Gasteiger partial charge >= 0.3 is 17.9 Å². The first-order valence-corrected chi connectivity index (χ1v) is 5.89. The Kier molecular flexibility index (Phi) is 5.94. The summed E-state index contributed by atoms with van der Waals surface area (Å²) in [7, 11) is 1.07. The predicted octanol–water partition coefficient (Wildman–Crippen LogP) is 0.965. The van der Waals surface area contributed by atoms with Crippen LogP contribution in [-0.4, -0.2) is 41.3 Å². The van der Waals surface area contributed by atoms with Gasteiger partial charge in [-0.15, -0.1) is 0 Å². The second kappa shape index (κ2) is 7.68. The molecule has 0 aliphatic carbocycles. The van der Waals surface area contributed by atoms with E-state index in [0.717, 1.165) is 13.2 Å². The Bertz CT molecular complexity index is 545. The fourth-order valence-corrected chi connectivity index (χ4v) is 1.39. The van der Waals surface area contributed by atoms with Gasteiger partial charge in [-0.2, -0.15) is 0 Å². The summed E-state index contributed by atoms with van der Waals surface area (Å²) >= 11 is 0. The summed E-state index contributed by atoms with van der Waals surface area (Å²) in [4.78, 5) is 33.4. The maximum Gasteiger partial charge on any atom is 0.347 e. The second-order valence-corrected chi connectivity index (χ2v) is 3.97. The van der Waals surface area contributed by atoms with Crippen LogP contribution in [0.3, 0.4) is 0 Å². The van der Waals surface area contributed by atoms with Crippen LogP contribution < -0.4 is 0 Å². The van der Waals surface area contributed by atoms with E-state index in [1.165, 1.54) is 18.2 Å². The highest BCUT2D eigenvalue weighted by atomic mass is 16.6. The van der Waals surface area contributed by atoms with E-state index in [4.69, 9.17) is 14.9 Å². The van der Waals surface area contributed by atoms with Gasteiger partial charge in [-0.3, -0.25) is 4.79 Å². The number of methoxy groups -OCH3 is 1. The summed E-state index contributed by atoms with van der Waals surface area (Å²) in [6.45, 7) is 0. The van der Waals surface area contributed by atoms with Crippen molar-refractivity contribution in [2.45, 2.75) is 12.5 Å². The van der Waals surface area contributed by atoms with Crippen LogP contribution in [0, 0.1) is 0 Å². The smallest absolute Gasteiger partial charge is 0.347 e. The van der Waals surface area contributed by atoms with Crippen molar-refractivity contribution in [2.24, 2.45) is 0 Å². The molecule has 0 saturated carbocycles. The maximum absolute atomic E-state index is 11.5. The van der Waals surface area contributed by atoms with Gasteiger partial charge in [-0.1, -0.05) is 12.1 Å². The van der Waals surface area contributed by atoms with Crippen LogP contribution in [0.15, 0.2) is 30.3 Å². The van der Waals surface area contributed by atoms with E-state index >= 15 is 0 Å². The van der Waals surface area contributed by atoms with Crippen molar-refractivity contribution in [3.63, 3.8) is 0 Å². The first-order valence-electron chi connectivity index (χ1n) is 5.89. The van der Waals surface area contributed by atoms with Crippen LogP contribution in [0.25, 0.3) is 6.08 Å². The number of aliphatic carboxylic acids is 1. The van der Waals surface area contributed by atoms with Crippen molar-refractivity contribution in [3.8, 4) is 5.75 Å². The monoisotopic (exact) mass is 294 g/mol. The molecule has 1 rings (SSSR count). The molecule has 0 amide bonds. The van der Waals surface area contributed by atoms with Crippen LogP contribution in [-0.2, 0) is 23.9 Å². The van der Waals surface area contributed by atoms with Gasteiger partial charge in [0.25, 0.3) is 0 Å². The molecule has 0 aliphatic heterocycles. The Morgan fingerprint density at radius 2 is 1.86 bits per heavy atom. The molecule has 1 aromatic carbocycles. The molecular weight excluding hydrogens is 280 g/mol. The van der Waals surface area contributed by atoms with E-state index < -0.39 is 30.4 Å². The van der Waals surface area contributed by atoms with Crippen molar-refractivity contribution < 1.29 is 34.1 Å². The summed E-state index contributed by atoms with van der Waals surface area (Å²) in [5, 5.41) is 17.7. The van der Waals surface area contributed by atoms with Gasteiger partial charge in [0.15, 0.2) is 0 Å².